The lowest BCUT2D eigenvalue weighted by Gasteiger charge is -2.07. The Morgan fingerprint density at radius 2 is 2.05 bits per heavy atom. The lowest BCUT2D eigenvalue weighted by molar-refractivity contribution is 0.0701. The number of carbonyl (C=O) groups is 1. The second-order valence-electron chi connectivity index (χ2n) is 4.34. The summed E-state index contributed by atoms with van der Waals surface area (Å²) in [6.45, 7) is 3.91. The predicted octanol–water partition coefficient (Wildman–Crippen LogP) is 3.37. The predicted molar refractivity (Wildman–Crippen MR) is 77.3 cm³/mol. The van der Waals surface area contributed by atoms with E-state index >= 15 is 0 Å². The molecular formula is C14H14O3S2. The number of aryl methyl sites for hydroxylation is 2. The van der Waals surface area contributed by atoms with Gasteiger partial charge in [-0.25, -0.2) is 4.79 Å². The molecule has 0 spiro atoms. The highest BCUT2D eigenvalue weighted by Gasteiger charge is 2.15. The molecule has 1 heterocycles. The number of rotatable bonds is 4. The van der Waals surface area contributed by atoms with E-state index in [1.165, 1.54) is 11.3 Å². The molecule has 2 aromatic rings. The fraction of sp³-hybridized carbons (Fsp3) is 0.214. The standard InChI is InChI=1S/C14H14O3S2/c1-9-3-4-12(10(2)7-9)19(17)8-11-5-6-18-13(11)14(15)16/h3-7H,8H2,1-2H3,(H,15,16). The van der Waals surface area contributed by atoms with Crippen LogP contribution in [0.1, 0.15) is 26.4 Å². The van der Waals surface area contributed by atoms with E-state index in [1.54, 1.807) is 11.4 Å². The van der Waals surface area contributed by atoms with Gasteiger partial charge < -0.3 is 5.11 Å². The number of hydrogen-bond donors (Lipinski definition) is 1. The molecule has 1 aromatic heterocycles. The van der Waals surface area contributed by atoms with Crippen molar-refractivity contribution in [1.29, 1.82) is 0 Å². The molecule has 1 aromatic carbocycles. The Labute approximate surface area is 118 Å². The topological polar surface area (TPSA) is 54.4 Å². The van der Waals surface area contributed by atoms with Gasteiger partial charge in [0.05, 0.1) is 16.6 Å². The third-order valence-electron chi connectivity index (χ3n) is 2.80. The van der Waals surface area contributed by atoms with Crippen LogP contribution >= 0.6 is 11.3 Å². The van der Waals surface area contributed by atoms with E-state index in [-0.39, 0.29) is 10.6 Å². The average Bonchev–Trinajstić information content (AvgIpc) is 2.76. The van der Waals surface area contributed by atoms with Gasteiger partial charge in [-0.3, -0.25) is 4.21 Å². The fourth-order valence-corrected chi connectivity index (χ4v) is 4.08. The minimum Gasteiger partial charge on any atom is -0.477 e. The molecule has 1 unspecified atom stereocenters. The van der Waals surface area contributed by atoms with Crippen LogP contribution in [0.15, 0.2) is 34.5 Å². The summed E-state index contributed by atoms with van der Waals surface area (Å²) in [5.41, 5.74) is 2.74. The highest BCUT2D eigenvalue weighted by Crippen LogP contribution is 2.22. The van der Waals surface area contributed by atoms with Crippen LogP contribution in [0.3, 0.4) is 0 Å². The van der Waals surface area contributed by atoms with Crippen LogP contribution in [0.4, 0.5) is 0 Å². The van der Waals surface area contributed by atoms with E-state index in [1.807, 2.05) is 32.0 Å². The van der Waals surface area contributed by atoms with Gasteiger partial charge in [0.15, 0.2) is 0 Å². The zero-order valence-electron chi connectivity index (χ0n) is 10.7. The average molecular weight is 294 g/mol. The normalized spacial score (nSPS) is 12.3. The summed E-state index contributed by atoms with van der Waals surface area (Å²) in [5.74, 6) is -0.711. The molecule has 19 heavy (non-hydrogen) atoms. The quantitative estimate of drug-likeness (QED) is 0.940. The van der Waals surface area contributed by atoms with Gasteiger partial charge in [0.1, 0.15) is 4.88 Å². The van der Waals surface area contributed by atoms with Crippen molar-refractivity contribution in [2.24, 2.45) is 0 Å². The van der Waals surface area contributed by atoms with Crippen LogP contribution < -0.4 is 0 Å². The highest BCUT2D eigenvalue weighted by atomic mass is 32.2. The number of aromatic carboxylic acids is 1. The first kappa shape index (κ1) is 14.0. The molecule has 100 valence electrons. The Morgan fingerprint density at radius 3 is 2.68 bits per heavy atom. The van der Waals surface area contributed by atoms with Crippen LogP contribution in [-0.2, 0) is 16.6 Å². The van der Waals surface area contributed by atoms with Crippen molar-refractivity contribution in [3.05, 3.63) is 51.2 Å². The molecule has 0 fully saturated rings. The number of thiophene rings is 1. The van der Waals surface area contributed by atoms with Gasteiger partial charge in [-0.1, -0.05) is 17.7 Å². The minimum absolute atomic E-state index is 0.245. The van der Waals surface area contributed by atoms with E-state index in [0.29, 0.717) is 5.56 Å². The maximum atomic E-state index is 12.3. The summed E-state index contributed by atoms with van der Waals surface area (Å²) < 4.78 is 12.3. The van der Waals surface area contributed by atoms with E-state index in [9.17, 15) is 9.00 Å². The van der Waals surface area contributed by atoms with Gasteiger partial charge in [0.25, 0.3) is 0 Å². The molecule has 2 rings (SSSR count). The van der Waals surface area contributed by atoms with Crippen molar-refractivity contribution in [2.75, 3.05) is 0 Å². The number of carboxylic acid groups (broad SMARTS) is 1. The summed E-state index contributed by atoms with van der Waals surface area (Å²) in [7, 11) is -1.22. The Kier molecular flexibility index (Phi) is 4.17. The van der Waals surface area contributed by atoms with Crippen molar-refractivity contribution in [3.8, 4) is 0 Å². The maximum Gasteiger partial charge on any atom is 0.346 e. The van der Waals surface area contributed by atoms with Gasteiger partial charge in [-0.05, 0) is 42.5 Å². The van der Waals surface area contributed by atoms with Crippen LogP contribution in [-0.4, -0.2) is 15.3 Å². The fourth-order valence-electron chi connectivity index (χ4n) is 1.91. The van der Waals surface area contributed by atoms with Crippen LogP contribution in [0.25, 0.3) is 0 Å². The monoisotopic (exact) mass is 294 g/mol. The maximum absolute atomic E-state index is 12.3. The number of benzene rings is 1. The third-order valence-corrected chi connectivity index (χ3v) is 5.27. The van der Waals surface area contributed by atoms with Crippen LogP contribution in [0, 0.1) is 13.8 Å². The SMILES string of the molecule is Cc1ccc(S(=O)Cc2ccsc2C(=O)O)c(C)c1. The smallest absolute Gasteiger partial charge is 0.346 e. The second kappa shape index (κ2) is 5.67. The summed E-state index contributed by atoms with van der Waals surface area (Å²) >= 11 is 1.17. The van der Waals surface area contributed by atoms with Gasteiger partial charge in [0, 0.05) is 4.90 Å². The first-order valence-corrected chi connectivity index (χ1v) is 7.94. The van der Waals surface area contributed by atoms with Crippen LogP contribution in [0.5, 0.6) is 0 Å². The van der Waals surface area contributed by atoms with E-state index in [0.717, 1.165) is 16.0 Å². The van der Waals surface area contributed by atoms with Gasteiger partial charge in [-0.15, -0.1) is 11.3 Å². The van der Waals surface area contributed by atoms with E-state index in [4.69, 9.17) is 5.11 Å². The molecule has 0 aliphatic rings. The van der Waals surface area contributed by atoms with Crippen LogP contribution in [0.2, 0.25) is 0 Å². The number of hydrogen-bond acceptors (Lipinski definition) is 3. The van der Waals surface area contributed by atoms with Gasteiger partial charge in [0.2, 0.25) is 0 Å². The molecule has 0 saturated carbocycles. The zero-order valence-corrected chi connectivity index (χ0v) is 12.3. The summed E-state index contributed by atoms with van der Waals surface area (Å²) in [6, 6.07) is 7.49. The third kappa shape index (κ3) is 3.11. The molecule has 0 bridgehead atoms. The van der Waals surface area contributed by atoms with Crippen molar-refractivity contribution in [1.82, 2.24) is 0 Å². The number of carboxylic acids is 1. The molecule has 1 N–H and O–H groups in total. The Morgan fingerprint density at radius 1 is 1.32 bits per heavy atom. The molecule has 0 amide bonds. The Balaban J connectivity index is 2.26. The molecule has 0 aliphatic carbocycles. The molecule has 0 saturated heterocycles. The molecule has 0 aliphatic heterocycles. The highest BCUT2D eigenvalue weighted by molar-refractivity contribution is 7.84. The summed E-state index contributed by atoms with van der Waals surface area (Å²) in [5, 5.41) is 10.8. The van der Waals surface area contributed by atoms with Gasteiger partial charge >= 0.3 is 5.97 Å². The molecule has 3 nitrogen and oxygen atoms in total. The molecule has 0 radical (unpaired) electrons. The van der Waals surface area contributed by atoms with Crippen molar-refractivity contribution in [2.45, 2.75) is 24.5 Å². The Bertz CT molecular complexity index is 644. The van der Waals surface area contributed by atoms with Crippen molar-refractivity contribution in [3.63, 3.8) is 0 Å². The lowest BCUT2D eigenvalue weighted by Crippen LogP contribution is -2.03. The molecule has 5 heteroatoms. The zero-order chi connectivity index (χ0) is 14.0. The van der Waals surface area contributed by atoms with E-state index < -0.39 is 16.8 Å². The first-order valence-electron chi connectivity index (χ1n) is 5.74. The summed E-state index contributed by atoms with van der Waals surface area (Å²) in [6.07, 6.45) is 0. The summed E-state index contributed by atoms with van der Waals surface area (Å²) in [4.78, 5) is 12.1. The largest absolute Gasteiger partial charge is 0.477 e. The second-order valence-corrected chi connectivity index (χ2v) is 6.67. The van der Waals surface area contributed by atoms with Crippen molar-refractivity contribution >= 4 is 28.1 Å². The molecule has 1 atom stereocenters. The van der Waals surface area contributed by atoms with E-state index in [2.05, 4.69) is 0 Å². The molecular weight excluding hydrogens is 280 g/mol. The lowest BCUT2D eigenvalue weighted by atomic mass is 10.2. The van der Waals surface area contributed by atoms with Gasteiger partial charge in [-0.2, -0.15) is 0 Å². The minimum atomic E-state index is -1.22. The Hall–Kier alpha value is -1.46. The van der Waals surface area contributed by atoms with Crippen molar-refractivity contribution < 1.29 is 14.1 Å². The first-order chi connectivity index (χ1) is 8.99.